The van der Waals surface area contributed by atoms with Crippen LogP contribution in [0.25, 0.3) is 0 Å². The lowest BCUT2D eigenvalue weighted by atomic mass is 9.82. The third kappa shape index (κ3) is 3.19. The molecular formula is C13H25NO2. The summed E-state index contributed by atoms with van der Waals surface area (Å²) in [5.74, 6) is 0.703. The molecule has 1 saturated carbocycles. The summed E-state index contributed by atoms with van der Waals surface area (Å²) < 4.78 is 5.98. The van der Waals surface area contributed by atoms with Gasteiger partial charge in [0.25, 0.3) is 0 Å². The van der Waals surface area contributed by atoms with Crippen LogP contribution in [0.1, 0.15) is 39.5 Å². The molecule has 1 unspecified atom stereocenters. The first-order chi connectivity index (χ1) is 7.44. The number of ether oxygens (including phenoxy) is 1. The molecule has 2 fully saturated rings. The Morgan fingerprint density at radius 3 is 2.50 bits per heavy atom. The molecular weight excluding hydrogens is 202 g/mol. The summed E-state index contributed by atoms with van der Waals surface area (Å²) in [4.78, 5) is 2.36. The molecule has 1 aliphatic carbocycles. The average Bonchev–Trinajstić information content (AvgIpc) is 2.42. The van der Waals surface area contributed by atoms with Crippen LogP contribution >= 0.6 is 0 Å². The monoisotopic (exact) mass is 227 g/mol. The van der Waals surface area contributed by atoms with E-state index in [0.29, 0.717) is 12.0 Å². The van der Waals surface area contributed by atoms with Crippen LogP contribution in [-0.4, -0.2) is 48.0 Å². The molecule has 0 aromatic heterocycles. The molecule has 0 amide bonds. The Morgan fingerprint density at radius 1 is 1.31 bits per heavy atom. The summed E-state index contributed by atoms with van der Waals surface area (Å²) in [6.45, 7) is 6.50. The first-order valence-electron chi connectivity index (χ1n) is 6.49. The summed E-state index contributed by atoms with van der Waals surface area (Å²) in [5, 5.41) is 9.24. The molecule has 94 valence electrons. The molecule has 16 heavy (non-hydrogen) atoms. The first-order valence-corrected chi connectivity index (χ1v) is 6.49. The Morgan fingerprint density at radius 2 is 2.00 bits per heavy atom. The molecule has 0 aromatic rings. The standard InChI is InChI=1S/C13H25NO2/c1-13(2)5-4-12(16-13)9-14(3)8-10-6-11(15)7-10/h10-12,15H,4-9H2,1-3H3. The van der Waals surface area contributed by atoms with Crippen LogP contribution in [0, 0.1) is 5.92 Å². The summed E-state index contributed by atoms with van der Waals surface area (Å²) in [6.07, 6.45) is 4.71. The molecule has 0 aromatic carbocycles. The third-order valence-corrected chi connectivity index (χ3v) is 3.85. The van der Waals surface area contributed by atoms with Crippen LogP contribution in [0.3, 0.4) is 0 Å². The lowest BCUT2D eigenvalue weighted by molar-refractivity contribution is -0.0325. The Balaban J connectivity index is 1.66. The van der Waals surface area contributed by atoms with Crippen LogP contribution < -0.4 is 0 Å². The number of likely N-dealkylation sites (N-methyl/N-ethyl adjacent to an activating group) is 1. The Labute approximate surface area is 98.8 Å². The molecule has 0 radical (unpaired) electrons. The normalized spacial score (nSPS) is 37.7. The van der Waals surface area contributed by atoms with Crippen molar-refractivity contribution in [3.8, 4) is 0 Å². The van der Waals surface area contributed by atoms with Crippen LogP contribution in [0.4, 0.5) is 0 Å². The van der Waals surface area contributed by atoms with E-state index in [1.165, 1.54) is 12.8 Å². The molecule has 3 nitrogen and oxygen atoms in total. The Hall–Kier alpha value is -0.120. The van der Waals surface area contributed by atoms with E-state index in [-0.39, 0.29) is 11.7 Å². The van der Waals surface area contributed by atoms with Gasteiger partial charge in [-0.2, -0.15) is 0 Å². The highest BCUT2D eigenvalue weighted by atomic mass is 16.5. The molecule has 3 heteroatoms. The van der Waals surface area contributed by atoms with E-state index in [1.54, 1.807) is 0 Å². The molecule has 2 rings (SSSR count). The maximum atomic E-state index is 9.24. The quantitative estimate of drug-likeness (QED) is 0.792. The topological polar surface area (TPSA) is 32.7 Å². The van der Waals surface area contributed by atoms with Gasteiger partial charge in [0.2, 0.25) is 0 Å². The van der Waals surface area contributed by atoms with Crippen molar-refractivity contribution >= 4 is 0 Å². The van der Waals surface area contributed by atoms with E-state index in [1.807, 2.05) is 0 Å². The van der Waals surface area contributed by atoms with Crippen molar-refractivity contribution in [1.29, 1.82) is 0 Å². The van der Waals surface area contributed by atoms with Gasteiger partial charge in [0.05, 0.1) is 17.8 Å². The summed E-state index contributed by atoms with van der Waals surface area (Å²) in [6, 6.07) is 0. The van der Waals surface area contributed by atoms with Gasteiger partial charge in [0, 0.05) is 13.1 Å². The van der Waals surface area contributed by atoms with Crippen molar-refractivity contribution in [2.45, 2.75) is 57.3 Å². The van der Waals surface area contributed by atoms with Gasteiger partial charge >= 0.3 is 0 Å². The van der Waals surface area contributed by atoms with Crippen molar-refractivity contribution in [2.75, 3.05) is 20.1 Å². The molecule has 1 heterocycles. The van der Waals surface area contributed by atoms with E-state index in [4.69, 9.17) is 4.74 Å². The molecule has 2 aliphatic rings. The average molecular weight is 227 g/mol. The number of aliphatic hydroxyl groups excluding tert-OH is 1. The molecule has 1 N–H and O–H groups in total. The highest BCUT2D eigenvalue weighted by Gasteiger charge is 2.33. The summed E-state index contributed by atoms with van der Waals surface area (Å²) >= 11 is 0. The van der Waals surface area contributed by atoms with Crippen molar-refractivity contribution in [2.24, 2.45) is 5.92 Å². The van der Waals surface area contributed by atoms with Crippen LogP contribution in [0.2, 0.25) is 0 Å². The number of rotatable bonds is 4. The first kappa shape index (κ1) is 12.3. The highest BCUT2D eigenvalue weighted by Crippen LogP contribution is 2.31. The zero-order valence-corrected chi connectivity index (χ0v) is 10.8. The molecule has 0 bridgehead atoms. The predicted molar refractivity (Wildman–Crippen MR) is 64.4 cm³/mol. The Bertz CT molecular complexity index is 236. The van der Waals surface area contributed by atoms with Crippen LogP contribution in [0.15, 0.2) is 0 Å². The van der Waals surface area contributed by atoms with Gasteiger partial charge in [-0.1, -0.05) is 0 Å². The second-order valence-corrected chi connectivity index (χ2v) is 6.25. The van der Waals surface area contributed by atoms with Crippen LogP contribution in [-0.2, 0) is 4.74 Å². The molecule has 1 aliphatic heterocycles. The fourth-order valence-corrected chi connectivity index (χ4v) is 2.92. The summed E-state index contributed by atoms with van der Waals surface area (Å²) in [5.41, 5.74) is 0.0815. The molecule has 1 saturated heterocycles. The lowest BCUT2D eigenvalue weighted by Crippen LogP contribution is -2.40. The van der Waals surface area contributed by atoms with Gasteiger partial charge in [-0.05, 0) is 52.5 Å². The van der Waals surface area contributed by atoms with E-state index in [2.05, 4.69) is 25.8 Å². The second kappa shape index (κ2) is 4.63. The molecule has 0 spiro atoms. The maximum absolute atomic E-state index is 9.24. The summed E-state index contributed by atoms with van der Waals surface area (Å²) in [7, 11) is 2.17. The van der Waals surface area contributed by atoms with Crippen molar-refractivity contribution in [3.05, 3.63) is 0 Å². The fourth-order valence-electron chi connectivity index (χ4n) is 2.92. The highest BCUT2D eigenvalue weighted by molar-refractivity contribution is 4.84. The van der Waals surface area contributed by atoms with Gasteiger partial charge < -0.3 is 14.7 Å². The van der Waals surface area contributed by atoms with Gasteiger partial charge in [0.1, 0.15) is 0 Å². The second-order valence-electron chi connectivity index (χ2n) is 6.25. The van der Waals surface area contributed by atoms with E-state index in [9.17, 15) is 5.11 Å². The predicted octanol–water partition coefficient (Wildman–Crippen LogP) is 1.65. The van der Waals surface area contributed by atoms with Crippen LogP contribution in [0.5, 0.6) is 0 Å². The smallest absolute Gasteiger partial charge is 0.0710 e. The minimum Gasteiger partial charge on any atom is -0.393 e. The van der Waals surface area contributed by atoms with Crippen molar-refractivity contribution in [3.63, 3.8) is 0 Å². The lowest BCUT2D eigenvalue weighted by Gasteiger charge is -2.35. The Kier molecular flexibility index (Phi) is 3.57. The molecule has 1 atom stereocenters. The third-order valence-electron chi connectivity index (χ3n) is 3.85. The van der Waals surface area contributed by atoms with Crippen molar-refractivity contribution < 1.29 is 9.84 Å². The minimum absolute atomic E-state index is 0.0277. The SMILES string of the molecule is CN(CC1CC(O)C1)CC1CCC(C)(C)O1. The van der Waals surface area contributed by atoms with E-state index < -0.39 is 0 Å². The minimum atomic E-state index is -0.0277. The number of hydrogen-bond donors (Lipinski definition) is 1. The zero-order valence-electron chi connectivity index (χ0n) is 10.8. The van der Waals surface area contributed by atoms with E-state index >= 15 is 0 Å². The fraction of sp³-hybridized carbons (Fsp3) is 1.00. The number of hydrogen-bond acceptors (Lipinski definition) is 3. The van der Waals surface area contributed by atoms with Gasteiger partial charge in [-0.25, -0.2) is 0 Å². The maximum Gasteiger partial charge on any atom is 0.0710 e. The van der Waals surface area contributed by atoms with Gasteiger partial charge in [0.15, 0.2) is 0 Å². The largest absolute Gasteiger partial charge is 0.393 e. The van der Waals surface area contributed by atoms with Gasteiger partial charge in [-0.3, -0.25) is 0 Å². The number of nitrogens with zero attached hydrogens (tertiary/aromatic N) is 1. The number of aliphatic hydroxyl groups is 1. The van der Waals surface area contributed by atoms with Gasteiger partial charge in [-0.15, -0.1) is 0 Å². The zero-order chi connectivity index (χ0) is 11.8. The van der Waals surface area contributed by atoms with E-state index in [0.717, 1.165) is 25.9 Å². The van der Waals surface area contributed by atoms with Crippen molar-refractivity contribution in [1.82, 2.24) is 4.90 Å².